The van der Waals surface area contributed by atoms with Gasteiger partial charge in [0.25, 0.3) is 0 Å². The molecule has 4 heavy (non-hydrogen) atoms. The fourth-order valence-electron chi connectivity index (χ4n) is 0. The van der Waals surface area contributed by atoms with Crippen molar-refractivity contribution in [2.45, 2.75) is 0 Å². The Morgan fingerprint density at radius 2 is 3.75 bits per heavy atom. The summed E-state index contributed by atoms with van der Waals surface area (Å²) in [6.07, 6.45) is 0. The van der Waals surface area contributed by atoms with Gasteiger partial charge in [0, 0.05) is 19.8 Å². The molecule has 0 aliphatic carbocycles. The summed E-state index contributed by atoms with van der Waals surface area (Å²) in [5.74, 6) is 0. The predicted octanol–water partition coefficient (Wildman–Crippen LogP) is -0.974. The Morgan fingerprint density at radius 1 is 3.00 bits per heavy atom. The molecule has 0 aromatic rings. The molecule has 0 heterocycles. The van der Waals surface area contributed by atoms with Gasteiger partial charge < -0.3 is 0 Å². The second-order valence-electron chi connectivity index (χ2n) is 0.167. The quantitative estimate of drug-likeness (QED) is 0.319. The van der Waals surface area contributed by atoms with Crippen LogP contribution >= 0.6 is 9.06 Å². The minimum Gasteiger partial charge on any atom is -0.184 e. The molecule has 0 fully saturated rings. The van der Waals surface area contributed by atoms with E-state index < -0.39 is 6.85 Å². The van der Waals surface area contributed by atoms with Gasteiger partial charge >= 0.3 is 0 Å². The van der Waals surface area contributed by atoms with Gasteiger partial charge in [0.2, 0.25) is 0 Å². The van der Waals surface area contributed by atoms with E-state index in [1.165, 1.54) is 0 Å². The minimum atomic E-state index is -0.579. The summed E-state index contributed by atoms with van der Waals surface area (Å²) < 4.78 is 19.5. The monoisotopic (exact) mass is 113 g/mol. The van der Waals surface area contributed by atoms with Crippen molar-refractivity contribution in [3.8, 4) is 0 Å². The van der Waals surface area contributed by atoms with E-state index in [4.69, 9.17) is 3.95 Å². The van der Waals surface area contributed by atoms with E-state index >= 15 is 0 Å². The zero-order valence-electron chi connectivity index (χ0n) is 5.10. The molecule has 0 aromatic carbocycles. The van der Waals surface area contributed by atoms with E-state index in [9.17, 15) is 0 Å². The smallest absolute Gasteiger partial charge is 0.101 e. The molecule has 0 saturated carbocycles. The molecule has 0 rings (SSSR count). The standard InChI is InChI=1S/B2H4P.V/c1-2-3;/h1-2H,3H2;/i1T,2T,3D;. The van der Waals surface area contributed by atoms with Crippen molar-refractivity contribution < 1.29 is 18.6 Å². The average molecular weight is 113 g/mol. The van der Waals surface area contributed by atoms with Crippen LogP contribution in [0, 0.1) is 0 Å². The van der Waals surface area contributed by atoms with Crippen molar-refractivity contribution in [1.29, 1.82) is 3.95 Å². The first-order valence-corrected chi connectivity index (χ1v) is 1.20. The summed E-state index contributed by atoms with van der Waals surface area (Å²) in [5, 5.41) is 0. The normalized spacial score (nSPS) is 15.5. The third-order valence-electron chi connectivity index (χ3n) is 0. The minimum absolute atomic E-state index is 0. The van der Waals surface area contributed by atoms with Crippen molar-refractivity contribution >= 4 is 23.6 Å². The van der Waals surface area contributed by atoms with Gasteiger partial charge in [-0.1, -0.05) is 0 Å². The first-order valence-electron chi connectivity index (χ1n) is 2.28. The zero-order valence-corrected chi connectivity index (χ0v) is 4.50. The maximum absolute atomic E-state index is 6.65. The van der Waals surface area contributed by atoms with E-state index in [-0.39, 0.29) is 27.6 Å². The van der Waals surface area contributed by atoms with E-state index in [1.54, 1.807) is 0 Å². The molecular formula is H4B2PV. The Bertz CT molecular complexity index is 32.1. The maximum atomic E-state index is 6.65. The van der Waals surface area contributed by atoms with E-state index in [0.29, 0.717) is 0 Å². The molecule has 0 nitrogen and oxygen atoms in total. The van der Waals surface area contributed by atoms with Crippen LogP contribution in [0.3, 0.4) is 0 Å². The van der Waals surface area contributed by atoms with E-state index in [2.05, 4.69) is 0 Å². The molecule has 1 unspecified atom stereocenters. The molecule has 20 valence electrons. The molecule has 0 amide bonds. The Labute approximate surface area is 46.8 Å². The molecule has 4 heteroatoms. The van der Waals surface area contributed by atoms with Crippen molar-refractivity contribution in [1.82, 2.24) is 0 Å². The second-order valence-corrected chi connectivity index (χ2v) is 0.500. The fourth-order valence-corrected chi connectivity index (χ4v) is 0. The van der Waals surface area contributed by atoms with Crippen molar-refractivity contribution in [2.75, 3.05) is 0 Å². The molecule has 0 bridgehead atoms. The summed E-state index contributed by atoms with van der Waals surface area (Å²) in [6, 6.07) is 0. The van der Waals surface area contributed by atoms with Crippen molar-refractivity contribution in [3.63, 3.8) is 0 Å². The van der Waals surface area contributed by atoms with Crippen LogP contribution in [0.2, 0.25) is 0 Å². The largest absolute Gasteiger partial charge is 0.184 e. The number of hydrogen-bond donors (Lipinski definition) is 0. The molecule has 0 saturated heterocycles. The van der Waals surface area contributed by atoms with Crippen LogP contribution in [0.15, 0.2) is 0 Å². The third kappa shape index (κ3) is 11.0. The zero-order chi connectivity index (χ0) is 4.99. The predicted molar refractivity (Wildman–Crippen MR) is 24.0 cm³/mol. The van der Waals surface area contributed by atoms with Gasteiger partial charge in [0.15, 0.2) is 0 Å². The Kier molecular flexibility index (Phi) is 5.21. The van der Waals surface area contributed by atoms with Crippen LogP contribution < -0.4 is 0 Å². The molecule has 2 radical (unpaired) electrons. The van der Waals surface area contributed by atoms with Crippen LogP contribution in [0.25, 0.3) is 0 Å². The Hall–Kier alpha value is 1.14. The van der Waals surface area contributed by atoms with Gasteiger partial charge in [-0.25, -0.2) is 0 Å². The average Bonchev–Trinajstić information content (AvgIpc) is 1.65. The van der Waals surface area contributed by atoms with Gasteiger partial charge in [0.1, 0.15) is 6.85 Å². The summed E-state index contributed by atoms with van der Waals surface area (Å²) in [4.78, 5) is 0. The van der Waals surface area contributed by atoms with Gasteiger partial charge in [-0.15, -0.1) is 0 Å². The van der Waals surface area contributed by atoms with E-state index in [0.717, 1.165) is 7.70 Å². The molecule has 0 N–H and O–H groups in total. The second kappa shape index (κ2) is 8.91. The van der Waals surface area contributed by atoms with Gasteiger partial charge in [-0.05, 0) is 2.67 Å². The van der Waals surface area contributed by atoms with Crippen LogP contribution in [0.5, 0.6) is 0 Å². The van der Waals surface area contributed by atoms with Crippen LogP contribution in [-0.2, 0) is 18.6 Å². The van der Waals surface area contributed by atoms with Gasteiger partial charge in [0.05, 0.1) is 7.70 Å². The van der Waals surface area contributed by atoms with Crippen LogP contribution in [-0.4, -0.2) is 18.5 Å². The number of hydrogen-bond acceptors (Lipinski definition) is 0. The van der Waals surface area contributed by atoms with Crippen LogP contribution in [0.1, 0.15) is 0 Å². The Morgan fingerprint density at radius 3 is 3.75 bits per heavy atom. The van der Waals surface area contributed by atoms with Gasteiger partial charge in [-0.3, -0.25) is 0 Å². The third-order valence-corrected chi connectivity index (χ3v) is 0. The first kappa shape index (κ1) is 2.34. The first-order chi connectivity index (χ1) is 2.81. The van der Waals surface area contributed by atoms with Crippen LogP contribution in [0.4, 0.5) is 0 Å². The van der Waals surface area contributed by atoms with E-state index in [1.807, 2.05) is 0 Å². The molecule has 0 aromatic heterocycles. The number of rotatable bonds is 2. The summed E-state index contributed by atoms with van der Waals surface area (Å²) in [5.41, 5.74) is 0. The summed E-state index contributed by atoms with van der Waals surface area (Å²) in [6.45, 7) is -0.579. The van der Waals surface area contributed by atoms with Gasteiger partial charge in [-0.2, -0.15) is 9.06 Å². The molecule has 0 spiro atoms. The molecular weight excluding hydrogens is 104 g/mol. The molecule has 1 atom stereocenters. The van der Waals surface area contributed by atoms with Crippen molar-refractivity contribution in [3.05, 3.63) is 0 Å². The fraction of sp³-hybridized carbons (Fsp3) is 0. The maximum Gasteiger partial charge on any atom is 0.101 e. The SMILES string of the molecule is [2H]PB([3H])[B][3H].[V]. The molecule has 0 aliphatic heterocycles. The molecule has 0 aliphatic rings. The van der Waals surface area contributed by atoms with Crippen molar-refractivity contribution in [2.24, 2.45) is 0 Å². The summed E-state index contributed by atoms with van der Waals surface area (Å²) >= 11 is 0. The topological polar surface area (TPSA) is 0 Å². The Balaban J connectivity index is 0. The summed E-state index contributed by atoms with van der Waals surface area (Å²) in [7, 11) is 0.769.